The van der Waals surface area contributed by atoms with Gasteiger partial charge in [0.1, 0.15) is 5.25 Å². The van der Waals surface area contributed by atoms with E-state index < -0.39 is 0 Å². The van der Waals surface area contributed by atoms with Crippen LogP contribution in [0.25, 0.3) is 0 Å². The fourth-order valence-electron chi connectivity index (χ4n) is 1.83. The van der Waals surface area contributed by atoms with E-state index in [0.29, 0.717) is 0 Å². The molecule has 98 valence electrons. The largest absolute Gasteiger partial charge is 0.326 e. The van der Waals surface area contributed by atoms with E-state index in [0.717, 1.165) is 18.1 Å². The molecule has 1 atom stereocenters. The monoisotopic (exact) mass is 271 g/mol. The predicted molar refractivity (Wildman–Crippen MR) is 78.0 cm³/mol. The quantitative estimate of drug-likeness (QED) is 0.782. The first-order valence-electron chi connectivity index (χ1n) is 6.36. The second-order valence-corrected chi connectivity index (χ2v) is 5.59. The first-order chi connectivity index (χ1) is 9.22. The van der Waals surface area contributed by atoms with Crippen molar-refractivity contribution in [2.45, 2.75) is 37.2 Å². The minimum atomic E-state index is -0.101. The van der Waals surface area contributed by atoms with E-state index in [1.165, 1.54) is 22.9 Å². The molecule has 2 aromatic rings. The van der Waals surface area contributed by atoms with E-state index in [9.17, 15) is 5.26 Å². The summed E-state index contributed by atoms with van der Waals surface area (Å²) >= 11 is 1.54. The molecule has 19 heavy (non-hydrogen) atoms. The number of aromatic nitrogens is 2. The Labute approximate surface area is 118 Å². The Balaban J connectivity index is 2.05. The van der Waals surface area contributed by atoms with Crippen molar-refractivity contribution in [3.63, 3.8) is 0 Å². The normalized spacial score (nSPS) is 12.1. The van der Waals surface area contributed by atoms with Gasteiger partial charge in [-0.3, -0.25) is 0 Å². The van der Waals surface area contributed by atoms with Gasteiger partial charge in [0.15, 0.2) is 5.16 Å². The zero-order valence-corrected chi connectivity index (χ0v) is 12.0. The van der Waals surface area contributed by atoms with Crippen molar-refractivity contribution in [3.05, 3.63) is 47.8 Å². The number of nitriles is 1. The van der Waals surface area contributed by atoms with Crippen LogP contribution < -0.4 is 0 Å². The number of hydrogen-bond donors (Lipinski definition) is 0. The summed E-state index contributed by atoms with van der Waals surface area (Å²) in [6.45, 7) is 5.02. The Morgan fingerprint density at radius 3 is 2.74 bits per heavy atom. The number of benzene rings is 1. The zero-order valence-electron chi connectivity index (χ0n) is 11.2. The molecular formula is C15H17N3S. The van der Waals surface area contributed by atoms with Crippen molar-refractivity contribution in [2.75, 3.05) is 0 Å². The highest BCUT2D eigenvalue weighted by Crippen LogP contribution is 2.24. The SMILES string of the molecule is CCn1ccnc1SC(C#N)Cc1ccc(C)cc1. The Morgan fingerprint density at radius 2 is 2.11 bits per heavy atom. The maximum atomic E-state index is 9.30. The van der Waals surface area contributed by atoms with Gasteiger partial charge >= 0.3 is 0 Å². The summed E-state index contributed by atoms with van der Waals surface area (Å²) in [7, 11) is 0. The minimum Gasteiger partial charge on any atom is -0.326 e. The van der Waals surface area contributed by atoms with Crippen LogP contribution in [-0.4, -0.2) is 14.8 Å². The molecule has 4 heteroatoms. The van der Waals surface area contributed by atoms with E-state index in [4.69, 9.17) is 0 Å². The van der Waals surface area contributed by atoms with Gasteiger partial charge in [0, 0.05) is 18.9 Å². The van der Waals surface area contributed by atoms with E-state index in [1.807, 2.05) is 6.20 Å². The highest BCUT2D eigenvalue weighted by atomic mass is 32.2. The molecule has 0 aliphatic heterocycles. The molecular weight excluding hydrogens is 254 g/mol. The van der Waals surface area contributed by atoms with E-state index in [2.05, 4.69) is 53.7 Å². The first-order valence-corrected chi connectivity index (χ1v) is 7.24. The molecule has 1 aromatic carbocycles. The molecule has 0 bridgehead atoms. The summed E-state index contributed by atoms with van der Waals surface area (Å²) in [5, 5.41) is 10.1. The van der Waals surface area contributed by atoms with Crippen molar-refractivity contribution >= 4 is 11.8 Å². The van der Waals surface area contributed by atoms with Gasteiger partial charge in [0.25, 0.3) is 0 Å². The Morgan fingerprint density at radius 1 is 1.37 bits per heavy atom. The lowest BCUT2D eigenvalue weighted by molar-refractivity contribution is 0.680. The fourth-order valence-corrected chi connectivity index (χ4v) is 2.86. The predicted octanol–water partition coefficient (Wildman–Crippen LogP) is 3.44. The Bertz CT molecular complexity index is 566. The van der Waals surface area contributed by atoms with Crippen molar-refractivity contribution in [1.82, 2.24) is 9.55 Å². The smallest absolute Gasteiger partial charge is 0.169 e. The van der Waals surface area contributed by atoms with Crippen LogP contribution >= 0.6 is 11.8 Å². The van der Waals surface area contributed by atoms with Gasteiger partial charge in [0.05, 0.1) is 6.07 Å². The lowest BCUT2D eigenvalue weighted by Crippen LogP contribution is -2.06. The standard InChI is InChI=1S/C15H17N3S/c1-3-18-9-8-17-15(18)19-14(11-16)10-13-6-4-12(2)5-7-13/h4-9,14H,3,10H2,1-2H3. The average molecular weight is 271 g/mol. The van der Waals surface area contributed by atoms with Gasteiger partial charge in [-0.15, -0.1) is 0 Å². The second-order valence-electron chi connectivity index (χ2n) is 4.42. The summed E-state index contributed by atoms with van der Waals surface area (Å²) in [5.41, 5.74) is 2.44. The number of thioether (sulfide) groups is 1. The number of rotatable bonds is 5. The van der Waals surface area contributed by atoms with Crippen LogP contribution in [0.4, 0.5) is 0 Å². The molecule has 0 fully saturated rings. The lowest BCUT2D eigenvalue weighted by Gasteiger charge is -2.10. The zero-order chi connectivity index (χ0) is 13.7. The number of imidazole rings is 1. The molecule has 0 saturated carbocycles. The Kier molecular flexibility index (Phi) is 4.64. The lowest BCUT2D eigenvalue weighted by atomic mass is 10.1. The summed E-state index contributed by atoms with van der Waals surface area (Å²) in [4.78, 5) is 4.31. The molecule has 0 spiro atoms. The van der Waals surface area contributed by atoms with Crippen LogP contribution in [0.5, 0.6) is 0 Å². The fraction of sp³-hybridized carbons (Fsp3) is 0.333. The molecule has 1 aromatic heterocycles. The van der Waals surface area contributed by atoms with Gasteiger partial charge < -0.3 is 4.57 Å². The highest BCUT2D eigenvalue weighted by Gasteiger charge is 2.13. The molecule has 0 aliphatic rings. The van der Waals surface area contributed by atoms with Crippen LogP contribution in [0, 0.1) is 18.3 Å². The van der Waals surface area contributed by atoms with Crippen molar-refractivity contribution in [2.24, 2.45) is 0 Å². The molecule has 0 saturated heterocycles. The first kappa shape index (κ1) is 13.7. The highest BCUT2D eigenvalue weighted by molar-refractivity contribution is 8.00. The summed E-state index contributed by atoms with van der Waals surface area (Å²) in [5.74, 6) is 0. The third-order valence-electron chi connectivity index (χ3n) is 2.95. The van der Waals surface area contributed by atoms with Crippen LogP contribution in [0.2, 0.25) is 0 Å². The molecule has 0 aliphatic carbocycles. The number of aryl methyl sites for hydroxylation is 2. The topological polar surface area (TPSA) is 41.6 Å². The maximum Gasteiger partial charge on any atom is 0.169 e. The Hall–Kier alpha value is -1.73. The van der Waals surface area contributed by atoms with Gasteiger partial charge in [-0.2, -0.15) is 5.26 Å². The van der Waals surface area contributed by atoms with E-state index in [1.54, 1.807) is 6.20 Å². The van der Waals surface area contributed by atoms with E-state index in [-0.39, 0.29) is 5.25 Å². The molecule has 1 heterocycles. The van der Waals surface area contributed by atoms with Crippen molar-refractivity contribution < 1.29 is 0 Å². The molecule has 3 nitrogen and oxygen atoms in total. The molecule has 0 amide bonds. The average Bonchev–Trinajstić information content (AvgIpc) is 2.87. The van der Waals surface area contributed by atoms with Crippen LogP contribution in [0.15, 0.2) is 41.8 Å². The van der Waals surface area contributed by atoms with Gasteiger partial charge in [-0.1, -0.05) is 41.6 Å². The van der Waals surface area contributed by atoms with Crippen LogP contribution in [-0.2, 0) is 13.0 Å². The third kappa shape index (κ3) is 3.62. The molecule has 2 rings (SSSR count). The number of hydrogen-bond acceptors (Lipinski definition) is 3. The van der Waals surface area contributed by atoms with Crippen molar-refractivity contribution in [3.8, 4) is 6.07 Å². The molecule has 0 radical (unpaired) electrons. The molecule has 1 unspecified atom stereocenters. The van der Waals surface area contributed by atoms with Crippen LogP contribution in [0.3, 0.4) is 0 Å². The van der Waals surface area contributed by atoms with Crippen molar-refractivity contribution in [1.29, 1.82) is 5.26 Å². The number of nitrogens with zero attached hydrogens (tertiary/aromatic N) is 3. The summed E-state index contributed by atoms with van der Waals surface area (Å²) < 4.78 is 2.06. The van der Waals surface area contributed by atoms with Gasteiger partial charge in [-0.05, 0) is 25.8 Å². The third-order valence-corrected chi connectivity index (χ3v) is 4.06. The maximum absolute atomic E-state index is 9.30. The minimum absolute atomic E-state index is 0.101. The summed E-state index contributed by atoms with van der Waals surface area (Å²) in [6, 6.07) is 10.7. The summed E-state index contributed by atoms with van der Waals surface area (Å²) in [6.07, 6.45) is 4.48. The van der Waals surface area contributed by atoms with Gasteiger partial charge in [-0.25, -0.2) is 4.98 Å². The molecule has 0 N–H and O–H groups in total. The second kappa shape index (κ2) is 6.44. The van der Waals surface area contributed by atoms with Gasteiger partial charge in [0.2, 0.25) is 0 Å². The van der Waals surface area contributed by atoms with Crippen LogP contribution in [0.1, 0.15) is 18.1 Å². The van der Waals surface area contributed by atoms with E-state index >= 15 is 0 Å².